The van der Waals surface area contributed by atoms with E-state index >= 15 is 0 Å². The topological polar surface area (TPSA) is 38.0 Å². The quantitative estimate of drug-likeness (QED) is 0.586. The lowest BCUT2D eigenvalue weighted by Crippen LogP contribution is -2.36. The van der Waals surface area contributed by atoms with E-state index < -0.39 is 0 Å². The molecule has 1 aliphatic rings. The average molecular weight is 204 g/mol. The highest BCUT2D eigenvalue weighted by Crippen LogP contribution is 2.37. The van der Waals surface area contributed by atoms with Gasteiger partial charge in [0.25, 0.3) is 0 Å². The van der Waals surface area contributed by atoms with E-state index in [-0.39, 0.29) is 0 Å². The first-order chi connectivity index (χ1) is 7.20. The van der Waals surface area contributed by atoms with Crippen molar-refractivity contribution in [3.05, 3.63) is 34.9 Å². The van der Waals surface area contributed by atoms with Crippen LogP contribution in [0, 0.1) is 19.8 Å². The van der Waals surface area contributed by atoms with Crippen LogP contribution in [0.1, 0.15) is 42.0 Å². The largest absolute Gasteiger partial charge is 0.271 e. The number of hydrazine groups is 1. The molecule has 2 rings (SSSR count). The van der Waals surface area contributed by atoms with E-state index in [4.69, 9.17) is 5.84 Å². The van der Waals surface area contributed by atoms with Crippen LogP contribution < -0.4 is 11.3 Å². The molecule has 0 bridgehead atoms. The molecule has 0 radical (unpaired) electrons. The van der Waals surface area contributed by atoms with Crippen molar-refractivity contribution in [2.45, 2.75) is 39.2 Å². The van der Waals surface area contributed by atoms with Crippen molar-refractivity contribution >= 4 is 0 Å². The van der Waals surface area contributed by atoms with Crippen LogP contribution in [0.25, 0.3) is 0 Å². The Bertz CT molecular complexity index is 322. The molecule has 1 fully saturated rings. The van der Waals surface area contributed by atoms with Crippen molar-refractivity contribution in [3.63, 3.8) is 0 Å². The molecule has 1 saturated carbocycles. The van der Waals surface area contributed by atoms with E-state index in [0.29, 0.717) is 6.04 Å². The van der Waals surface area contributed by atoms with E-state index in [0.717, 1.165) is 5.92 Å². The summed E-state index contributed by atoms with van der Waals surface area (Å²) < 4.78 is 0. The van der Waals surface area contributed by atoms with Gasteiger partial charge in [0.2, 0.25) is 0 Å². The number of aryl methyl sites for hydroxylation is 2. The van der Waals surface area contributed by atoms with Gasteiger partial charge < -0.3 is 0 Å². The highest BCUT2D eigenvalue weighted by molar-refractivity contribution is 5.31. The zero-order chi connectivity index (χ0) is 10.8. The van der Waals surface area contributed by atoms with Gasteiger partial charge in [-0.3, -0.25) is 11.3 Å². The number of nitrogens with one attached hydrogen (secondary N) is 1. The summed E-state index contributed by atoms with van der Waals surface area (Å²) in [5.41, 5.74) is 6.97. The van der Waals surface area contributed by atoms with E-state index in [2.05, 4.69) is 37.5 Å². The second-order valence-electron chi connectivity index (χ2n) is 4.76. The first kappa shape index (κ1) is 10.7. The Labute approximate surface area is 91.8 Å². The predicted octanol–water partition coefficient (Wildman–Crippen LogP) is 2.61. The minimum atomic E-state index is 0.345. The number of nitrogens with two attached hydrogens (primary N) is 1. The van der Waals surface area contributed by atoms with Crippen molar-refractivity contribution in [2.75, 3.05) is 0 Å². The minimum Gasteiger partial charge on any atom is -0.271 e. The molecule has 1 aromatic carbocycles. The Morgan fingerprint density at radius 2 is 1.80 bits per heavy atom. The highest BCUT2D eigenvalue weighted by Gasteiger charge is 2.27. The number of hydrogen-bond donors (Lipinski definition) is 2. The fourth-order valence-corrected chi connectivity index (χ4v) is 2.47. The molecule has 1 unspecified atom stereocenters. The molecule has 1 aliphatic carbocycles. The van der Waals surface area contributed by atoms with Crippen LogP contribution in [-0.4, -0.2) is 0 Å². The van der Waals surface area contributed by atoms with Crippen LogP contribution in [0.3, 0.4) is 0 Å². The molecule has 0 aromatic heterocycles. The van der Waals surface area contributed by atoms with Gasteiger partial charge in [-0.15, -0.1) is 0 Å². The molecule has 0 aliphatic heterocycles. The molecular formula is C13H20N2. The van der Waals surface area contributed by atoms with Gasteiger partial charge in [-0.05, 0) is 38.2 Å². The molecule has 82 valence electrons. The van der Waals surface area contributed by atoms with Gasteiger partial charge in [0, 0.05) is 6.04 Å². The van der Waals surface area contributed by atoms with Crippen LogP contribution in [0.5, 0.6) is 0 Å². The zero-order valence-corrected chi connectivity index (χ0v) is 9.59. The molecule has 1 aromatic rings. The third kappa shape index (κ3) is 2.21. The molecule has 0 heterocycles. The van der Waals surface area contributed by atoms with Gasteiger partial charge in [0.05, 0.1) is 0 Å². The fourth-order valence-electron chi connectivity index (χ4n) is 2.47. The molecule has 1 atom stereocenters. The molecule has 3 N–H and O–H groups in total. The Balaban J connectivity index is 2.24. The van der Waals surface area contributed by atoms with E-state index in [1.807, 2.05) is 0 Å². The Morgan fingerprint density at radius 3 is 2.20 bits per heavy atom. The first-order valence-electron chi connectivity index (χ1n) is 5.75. The fraction of sp³-hybridized carbons (Fsp3) is 0.538. The van der Waals surface area contributed by atoms with Crippen molar-refractivity contribution < 1.29 is 0 Å². The summed E-state index contributed by atoms with van der Waals surface area (Å²) in [7, 11) is 0. The Kier molecular flexibility index (Phi) is 3.08. The first-order valence-corrected chi connectivity index (χ1v) is 5.75. The van der Waals surface area contributed by atoms with Gasteiger partial charge in [-0.2, -0.15) is 0 Å². The van der Waals surface area contributed by atoms with Gasteiger partial charge in [0.15, 0.2) is 0 Å². The van der Waals surface area contributed by atoms with Gasteiger partial charge >= 0.3 is 0 Å². The maximum Gasteiger partial charge on any atom is 0.0488 e. The molecule has 2 heteroatoms. The van der Waals surface area contributed by atoms with Crippen molar-refractivity contribution in [1.29, 1.82) is 0 Å². The molecule has 0 amide bonds. The SMILES string of the molecule is Cc1cc(C)cc(C(NN)C2CCC2)c1. The predicted molar refractivity (Wildman–Crippen MR) is 63.3 cm³/mol. The number of hydrogen-bond acceptors (Lipinski definition) is 2. The van der Waals surface area contributed by atoms with Crippen molar-refractivity contribution in [3.8, 4) is 0 Å². The van der Waals surface area contributed by atoms with Crippen LogP contribution >= 0.6 is 0 Å². The second kappa shape index (κ2) is 4.33. The number of rotatable bonds is 3. The van der Waals surface area contributed by atoms with Crippen LogP contribution in [-0.2, 0) is 0 Å². The van der Waals surface area contributed by atoms with E-state index in [1.54, 1.807) is 0 Å². The lowest BCUT2D eigenvalue weighted by molar-refractivity contribution is 0.232. The molecule has 2 nitrogen and oxygen atoms in total. The van der Waals surface area contributed by atoms with Gasteiger partial charge in [-0.1, -0.05) is 35.7 Å². The lowest BCUT2D eigenvalue weighted by Gasteiger charge is -2.33. The lowest BCUT2D eigenvalue weighted by atomic mass is 9.77. The van der Waals surface area contributed by atoms with Crippen molar-refractivity contribution in [2.24, 2.45) is 11.8 Å². The molecule has 15 heavy (non-hydrogen) atoms. The summed E-state index contributed by atoms with van der Waals surface area (Å²) in [5, 5.41) is 0. The summed E-state index contributed by atoms with van der Waals surface area (Å²) in [5.74, 6) is 6.40. The third-order valence-electron chi connectivity index (χ3n) is 3.40. The van der Waals surface area contributed by atoms with E-state index in [9.17, 15) is 0 Å². The molecular weight excluding hydrogens is 184 g/mol. The monoisotopic (exact) mass is 204 g/mol. The summed E-state index contributed by atoms with van der Waals surface area (Å²) >= 11 is 0. The normalized spacial score (nSPS) is 18.6. The summed E-state index contributed by atoms with van der Waals surface area (Å²) in [6, 6.07) is 7.04. The van der Waals surface area contributed by atoms with Crippen LogP contribution in [0.2, 0.25) is 0 Å². The summed E-state index contributed by atoms with van der Waals surface area (Å²) in [4.78, 5) is 0. The smallest absolute Gasteiger partial charge is 0.0488 e. The Hall–Kier alpha value is -0.860. The third-order valence-corrected chi connectivity index (χ3v) is 3.40. The minimum absolute atomic E-state index is 0.345. The Morgan fingerprint density at radius 1 is 1.20 bits per heavy atom. The van der Waals surface area contributed by atoms with Crippen LogP contribution in [0.15, 0.2) is 18.2 Å². The van der Waals surface area contributed by atoms with Crippen molar-refractivity contribution in [1.82, 2.24) is 5.43 Å². The van der Waals surface area contributed by atoms with Crippen LogP contribution in [0.4, 0.5) is 0 Å². The maximum atomic E-state index is 5.67. The average Bonchev–Trinajstić information content (AvgIpc) is 2.08. The second-order valence-corrected chi connectivity index (χ2v) is 4.76. The molecule has 0 saturated heterocycles. The van der Waals surface area contributed by atoms with Gasteiger partial charge in [-0.25, -0.2) is 0 Å². The number of benzene rings is 1. The van der Waals surface area contributed by atoms with E-state index in [1.165, 1.54) is 36.0 Å². The maximum absolute atomic E-state index is 5.67. The zero-order valence-electron chi connectivity index (χ0n) is 9.59. The van der Waals surface area contributed by atoms with Gasteiger partial charge in [0.1, 0.15) is 0 Å². The molecule has 0 spiro atoms. The summed E-state index contributed by atoms with van der Waals surface area (Å²) in [6.07, 6.45) is 3.97. The summed E-state index contributed by atoms with van der Waals surface area (Å²) in [6.45, 7) is 4.29. The highest BCUT2D eigenvalue weighted by atomic mass is 15.2. The standard InChI is InChI=1S/C13H20N2/c1-9-6-10(2)8-12(7-9)13(15-14)11-4-3-5-11/h6-8,11,13,15H,3-5,14H2,1-2H3.